The monoisotopic (exact) mass is 168 g/mol. The second-order valence-electron chi connectivity index (χ2n) is 0.283. The van der Waals surface area contributed by atoms with Crippen molar-refractivity contribution in [3.63, 3.8) is 0 Å². The van der Waals surface area contributed by atoms with E-state index in [0.29, 0.717) is 0 Å². The number of hydrogen-bond acceptors (Lipinski definition) is 1. The van der Waals surface area contributed by atoms with Gasteiger partial charge in [-0.15, -0.1) is 0 Å². The van der Waals surface area contributed by atoms with Gasteiger partial charge in [0.25, 0.3) is 0 Å². The predicted molar refractivity (Wildman–Crippen MR) is 28.5 cm³/mol. The first-order chi connectivity index (χ1) is 2.73. The summed E-state index contributed by atoms with van der Waals surface area (Å²) in [6.07, 6.45) is 0. The Morgan fingerprint density at radius 3 is 1.57 bits per heavy atom. The van der Waals surface area contributed by atoms with E-state index >= 15 is 0 Å². The summed E-state index contributed by atoms with van der Waals surface area (Å²) in [6.45, 7) is 0. The fourth-order valence-electron chi connectivity index (χ4n) is 0. The maximum atomic E-state index is 9.64. The molecule has 0 saturated carbocycles. The Hall–Kier alpha value is 1.34. The van der Waals surface area contributed by atoms with Crippen LogP contribution in [0.1, 0.15) is 2.85 Å². The molecule has 40 valence electrons. The average Bonchev–Trinajstić information content (AvgIpc) is 1.41. The van der Waals surface area contributed by atoms with Crippen molar-refractivity contribution in [3.05, 3.63) is 0 Å². The zero-order valence-corrected chi connectivity index (χ0v) is 9.10. The van der Waals surface area contributed by atoms with Crippen LogP contribution in [0.4, 0.5) is 3.52 Å². The van der Waals surface area contributed by atoms with Gasteiger partial charge in [0, 0.05) is 0 Å². The van der Waals surface area contributed by atoms with Crippen LogP contribution in [0.5, 0.6) is 0 Å². The molecule has 0 amide bonds. The molecule has 7 heteroatoms. The Kier molecular flexibility index (Phi) is 35.3. The van der Waals surface area contributed by atoms with E-state index in [9.17, 15) is 3.52 Å². The SMILES string of the molecule is O=[Si](O)O.[Ca+2].[F][AlH2].[H-].[H-]. The first-order valence-electron chi connectivity index (χ1n) is 1.03. The molecule has 0 aromatic carbocycles. The molecule has 0 aliphatic heterocycles. The van der Waals surface area contributed by atoms with Crippen LogP contribution in [-0.2, 0) is 4.46 Å². The largest absolute Gasteiger partial charge is 2.00 e. The normalized spacial score (nSPS) is 4.14. The quantitative estimate of drug-likeness (QED) is 0.401. The Morgan fingerprint density at radius 2 is 1.57 bits per heavy atom. The van der Waals surface area contributed by atoms with Gasteiger partial charge in [-0.25, -0.2) is 0 Å². The van der Waals surface area contributed by atoms with Gasteiger partial charge in [-0.05, 0) is 0 Å². The summed E-state index contributed by atoms with van der Waals surface area (Å²) in [5.41, 5.74) is 0. The summed E-state index contributed by atoms with van der Waals surface area (Å²) in [6, 6.07) is 0. The summed E-state index contributed by atoms with van der Waals surface area (Å²) >= 11 is -0.194. The van der Waals surface area contributed by atoms with E-state index in [4.69, 9.17) is 14.1 Å². The van der Waals surface area contributed by atoms with Gasteiger partial charge in [-0.2, -0.15) is 0 Å². The number of rotatable bonds is 0. The van der Waals surface area contributed by atoms with Crippen molar-refractivity contribution in [1.82, 2.24) is 0 Å². The third kappa shape index (κ3) is 117. The van der Waals surface area contributed by atoms with Gasteiger partial charge >= 0.3 is 63.7 Å². The number of hydrogen-bond donors (Lipinski definition) is 2. The Labute approximate surface area is 83.3 Å². The van der Waals surface area contributed by atoms with Crippen molar-refractivity contribution >= 4 is 63.7 Å². The maximum absolute atomic E-state index is 9.64. The summed E-state index contributed by atoms with van der Waals surface area (Å²) in [5, 5.41) is 0. The molecular weight excluding hydrogens is 162 g/mol. The molecule has 0 fully saturated rings. The molecule has 0 heterocycles. The molecule has 0 aromatic heterocycles. The molecule has 0 atom stereocenters. The van der Waals surface area contributed by atoms with Crippen LogP contribution < -0.4 is 0 Å². The van der Waals surface area contributed by atoms with Crippen LogP contribution in [0, 0.1) is 0 Å². The smallest absolute Gasteiger partial charge is 1.00 e. The molecular formula is H6AlCaFO3Si. The molecule has 0 saturated heterocycles. The second kappa shape index (κ2) is 15.7. The van der Waals surface area contributed by atoms with E-state index in [-0.39, 0.29) is 57.3 Å². The zero-order chi connectivity index (χ0) is 5.58. The molecule has 0 rings (SSSR count). The van der Waals surface area contributed by atoms with Crippen molar-refractivity contribution < 1.29 is 20.4 Å². The predicted octanol–water partition coefficient (Wildman–Crippen LogP) is -2.27. The third-order valence-electron chi connectivity index (χ3n) is 0. The van der Waals surface area contributed by atoms with Gasteiger partial charge in [-0.3, -0.25) is 4.46 Å². The van der Waals surface area contributed by atoms with E-state index in [1.807, 2.05) is 0 Å². The molecule has 0 spiro atoms. The van der Waals surface area contributed by atoms with E-state index in [1.54, 1.807) is 0 Å². The first-order valence-corrected chi connectivity index (χ1v) is 3.09. The van der Waals surface area contributed by atoms with Crippen LogP contribution >= 0.6 is 0 Å². The van der Waals surface area contributed by atoms with Crippen molar-refractivity contribution in [2.75, 3.05) is 0 Å². The molecule has 0 radical (unpaired) electrons. The van der Waals surface area contributed by atoms with E-state index in [1.165, 1.54) is 0 Å². The van der Waals surface area contributed by atoms with Gasteiger partial charge in [0.2, 0.25) is 0 Å². The van der Waals surface area contributed by atoms with Gasteiger partial charge in [0.15, 0.2) is 0 Å². The van der Waals surface area contributed by atoms with E-state index in [0.717, 1.165) is 0 Å². The van der Waals surface area contributed by atoms with Crippen molar-refractivity contribution in [1.29, 1.82) is 0 Å². The topological polar surface area (TPSA) is 57.5 Å². The van der Waals surface area contributed by atoms with Crippen molar-refractivity contribution in [2.24, 2.45) is 0 Å². The molecule has 2 N–H and O–H groups in total. The Morgan fingerprint density at radius 1 is 1.57 bits per heavy atom. The minimum absolute atomic E-state index is 0. The summed E-state index contributed by atoms with van der Waals surface area (Å²) in [7, 11) is -3.13. The van der Waals surface area contributed by atoms with Crippen LogP contribution in [0.15, 0.2) is 0 Å². The van der Waals surface area contributed by atoms with E-state index < -0.39 is 9.17 Å². The zero-order valence-electron chi connectivity index (χ0n) is 5.89. The van der Waals surface area contributed by atoms with Crippen molar-refractivity contribution in [2.45, 2.75) is 0 Å². The molecule has 0 aromatic rings. The molecule has 0 unspecified atom stereocenters. The molecule has 3 nitrogen and oxygen atoms in total. The first kappa shape index (κ1) is 15.8. The average molecular weight is 168 g/mol. The van der Waals surface area contributed by atoms with E-state index in [2.05, 4.69) is 0 Å². The van der Waals surface area contributed by atoms with Crippen molar-refractivity contribution in [3.8, 4) is 0 Å². The van der Waals surface area contributed by atoms with Crippen LogP contribution in [-0.4, -0.2) is 73.2 Å². The fourth-order valence-corrected chi connectivity index (χ4v) is 0. The van der Waals surface area contributed by atoms with Gasteiger partial charge in [0.1, 0.15) is 0 Å². The van der Waals surface area contributed by atoms with Gasteiger partial charge in [0.05, 0.1) is 0 Å². The maximum Gasteiger partial charge on any atom is 2.00 e. The fraction of sp³-hybridized carbons (Fsp3) is 0. The van der Waals surface area contributed by atoms with Crippen LogP contribution in [0.2, 0.25) is 0 Å². The molecule has 0 aliphatic carbocycles. The minimum Gasteiger partial charge on any atom is -1.00 e. The van der Waals surface area contributed by atoms with Crippen LogP contribution in [0.3, 0.4) is 0 Å². The molecule has 7 heavy (non-hydrogen) atoms. The summed E-state index contributed by atoms with van der Waals surface area (Å²) in [4.78, 5) is 14.3. The standard InChI is InChI=1S/Al.Ca.FH.H2O3Si.4H/c;;;1-4(2)3;;;;/h;;1H;1-2H;;;;/q+1;+2;;;;;2*-1/p-1. The van der Waals surface area contributed by atoms with Crippen LogP contribution in [0.25, 0.3) is 0 Å². The Balaban J connectivity index is -0.00000000990. The van der Waals surface area contributed by atoms with Gasteiger partial charge < -0.3 is 16.0 Å². The summed E-state index contributed by atoms with van der Waals surface area (Å²) in [5.74, 6) is 0. The number of halogens is 1. The Bertz CT molecular complexity index is 44.8. The third-order valence-corrected chi connectivity index (χ3v) is 0. The molecule has 0 bridgehead atoms. The summed E-state index contributed by atoms with van der Waals surface area (Å²) < 4.78 is 18.4. The second-order valence-corrected chi connectivity index (χ2v) is 0.848. The molecule has 0 aliphatic rings. The minimum atomic E-state index is -3.13. The van der Waals surface area contributed by atoms with Gasteiger partial charge in [-0.1, -0.05) is 0 Å².